The summed E-state index contributed by atoms with van der Waals surface area (Å²) >= 11 is 0. The van der Waals surface area contributed by atoms with E-state index in [-0.39, 0.29) is 31.1 Å². The first-order chi connectivity index (χ1) is 30.0. The maximum Gasteiger partial charge on any atom is 0.306 e. The van der Waals surface area contributed by atoms with Gasteiger partial charge in [-0.05, 0) is 70.6 Å². The molecule has 0 saturated carbocycles. The molecule has 0 aliphatic heterocycles. The zero-order valence-electron chi connectivity index (χ0n) is 40.2. The second-order valence-corrected chi connectivity index (χ2v) is 17.2. The summed E-state index contributed by atoms with van der Waals surface area (Å²) in [6.07, 6.45) is 60.5. The number of unbranched alkanes of at least 4 members (excludes halogenated alkanes) is 28. The average molecular weight is 853 g/mol. The summed E-state index contributed by atoms with van der Waals surface area (Å²) in [5.41, 5.74) is 0. The zero-order valence-corrected chi connectivity index (χ0v) is 40.2. The van der Waals surface area contributed by atoms with Gasteiger partial charge in [0.05, 0.1) is 0 Å². The van der Waals surface area contributed by atoms with Gasteiger partial charge in [0.2, 0.25) is 0 Å². The minimum absolute atomic E-state index is 0.0848. The molecule has 0 radical (unpaired) electrons. The fourth-order valence-corrected chi connectivity index (χ4v) is 7.15. The molecule has 0 rings (SSSR count). The highest BCUT2D eigenvalue weighted by Gasteiger charge is 2.19. The van der Waals surface area contributed by atoms with Crippen LogP contribution in [0.15, 0.2) is 60.8 Å². The van der Waals surface area contributed by atoms with Gasteiger partial charge in [0.15, 0.2) is 6.10 Å². The summed E-state index contributed by atoms with van der Waals surface area (Å²) in [6.45, 7) is 6.55. The quantitative estimate of drug-likeness (QED) is 0.0200. The molecule has 1 unspecified atom stereocenters. The average Bonchev–Trinajstić information content (AvgIpc) is 3.26. The summed E-state index contributed by atoms with van der Waals surface area (Å²) in [5, 5.41) is 0. The predicted octanol–water partition coefficient (Wildman–Crippen LogP) is 16.9. The lowest BCUT2D eigenvalue weighted by Crippen LogP contribution is -2.30. The molecule has 0 amide bonds. The Morgan fingerprint density at radius 3 is 1.00 bits per heavy atom. The van der Waals surface area contributed by atoms with Gasteiger partial charge >= 0.3 is 17.9 Å². The van der Waals surface area contributed by atoms with Crippen molar-refractivity contribution in [1.29, 1.82) is 0 Å². The van der Waals surface area contributed by atoms with Gasteiger partial charge < -0.3 is 14.2 Å². The van der Waals surface area contributed by atoms with E-state index < -0.39 is 6.10 Å². The highest BCUT2D eigenvalue weighted by atomic mass is 16.6. The van der Waals surface area contributed by atoms with Crippen LogP contribution in [0.5, 0.6) is 0 Å². The Balaban J connectivity index is 4.41. The van der Waals surface area contributed by atoms with Gasteiger partial charge in [-0.25, -0.2) is 0 Å². The fourth-order valence-electron chi connectivity index (χ4n) is 7.15. The first kappa shape index (κ1) is 58.1. The van der Waals surface area contributed by atoms with Gasteiger partial charge in [-0.3, -0.25) is 14.4 Å². The monoisotopic (exact) mass is 853 g/mol. The summed E-state index contributed by atoms with van der Waals surface area (Å²) in [4.78, 5) is 37.9. The van der Waals surface area contributed by atoms with E-state index in [9.17, 15) is 14.4 Å². The molecule has 1 atom stereocenters. The SMILES string of the molecule is CCCCC\C=C/C=C\C=C/C=C\CCCCCCCC(=O)OCC(COC(=O)CCCCCCC/C=C\CCCCC)OC(=O)CCCCCCCCCCCCCCC. The molecule has 0 aromatic heterocycles. The number of ether oxygens (including phenoxy) is 3. The lowest BCUT2D eigenvalue weighted by Gasteiger charge is -2.18. The van der Waals surface area contributed by atoms with Crippen LogP contribution in [0.1, 0.15) is 252 Å². The molecule has 0 aliphatic rings. The minimum atomic E-state index is -0.784. The second-order valence-electron chi connectivity index (χ2n) is 17.2. The third kappa shape index (κ3) is 48.0. The standard InChI is InChI=1S/C55H96O6/c1-4-7-10-13-16-19-22-25-26-27-28-29-31-33-36-39-42-45-48-54(57)60-51-52(50-59-53(56)47-44-41-38-35-32-24-21-18-15-12-9-6-3)61-55(58)49-46-43-40-37-34-30-23-20-17-14-11-8-5-2/h16,18-19,21-22,25-29,52H,4-15,17,20,23-24,30-51H2,1-3H3/b19-16-,21-18-,25-22-,27-26-,29-28-. The number of esters is 3. The van der Waals surface area contributed by atoms with Crippen LogP contribution in [0.4, 0.5) is 0 Å². The van der Waals surface area contributed by atoms with Crippen molar-refractivity contribution < 1.29 is 28.6 Å². The van der Waals surface area contributed by atoms with E-state index in [2.05, 4.69) is 81.5 Å². The molecule has 0 fully saturated rings. The summed E-state index contributed by atoms with van der Waals surface area (Å²) in [7, 11) is 0. The first-order valence-corrected chi connectivity index (χ1v) is 25.8. The zero-order chi connectivity index (χ0) is 44.4. The molecule has 61 heavy (non-hydrogen) atoms. The maximum absolute atomic E-state index is 12.8. The lowest BCUT2D eigenvalue weighted by molar-refractivity contribution is -0.167. The van der Waals surface area contributed by atoms with Crippen LogP contribution >= 0.6 is 0 Å². The molecule has 0 aromatic carbocycles. The normalized spacial score (nSPS) is 12.5. The van der Waals surface area contributed by atoms with Gasteiger partial charge in [0.1, 0.15) is 13.2 Å². The minimum Gasteiger partial charge on any atom is -0.462 e. The molecular weight excluding hydrogens is 757 g/mol. The van der Waals surface area contributed by atoms with Crippen molar-refractivity contribution in [2.45, 2.75) is 258 Å². The third-order valence-electron chi connectivity index (χ3n) is 11.1. The Labute approximate surface area is 377 Å². The van der Waals surface area contributed by atoms with Crippen LogP contribution in [-0.4, -0.2) is 37.2 Å². The van der Waals surface area contributed by atoms with Crippen LogP contribution in [0.2, 0.25) is 0 Å². The lowest BCUT2D eigenvalue weighted by atomic mass is 10.0. The Morgan fingerprint density at radius 1 is 0.328 bits per heavy atom. The highest BCUT2D eigenvalue weighted by Crippen LogP contribution is 2.15. The summed E-state index contributed by atoms with van der Waals surface area (Å²) in [6, 6.07) is 0. The summed E-state index contributed by atoms with van der Waals surface area (Å²) in [5.74, 6) is -0.911. The number of carbonyl (C=O) groups excluding carboxylic acids is 3. The van der Waals surface area contributed by atoms with E-state index in [1.165, 1.54) is 122 Å². The molecule has 6 heteroatoms. The van der Waals surface area contributed by atoms with Gasteiger partial charge in [-0.2, -0.15) is 0 Å². The molecule has 352 valence electrons. The number of allylic oxidation sites excluding steroid dienone is 10. The van der Waals surface area contributed by atoms with Crippen molar-refractivity contribution in [2.75, 3.05) is 13.2 Å². The molecule has 0 N–H and O–H groups in total. The van der Waals surface area contributed by atoms with Crippen LogP contribution in [0.25, 0.3) is 0 Å². The van der Waals surface area contributed by atoms with E-state index in [1.807, 2.05) is 0 Å². The summed E-state index contributed by atoms with van der Waals surface area (Å²) < 4.78 is 16.8. The highest BCUT2D eigenvalue weighted by molar-refractivity contribution is 5.71. The number of carbonyl (C=O) groups is 3. The van der Waals surface area contributed by atoms with Gasteiger partial charge in [0.25, 0.3) is 0 Å². The molecule has 0 saturated heterocycles. The predicted molar refractivity (Wildman–Crippen MR) is 261 cm³/mol. The molecule has 0 aromatic rings. The smallest absolute Gasteiger partial charge is 0.306 e. The van der Waals surface area contributed by atoms with E-state index in [0.29, 0.717) is 19.3 Å². The van der Waals surface area contributed by atoms with Crippen molar-refractivity contribution >= 4 is 17.9 Å². The van der Waals surface area contributed by atoms with Crippen molar-refractivity contribution in [3.8, 4) is 0 Å². The molecule has 0 heterocycles. The molecule has 0 aliphatic carbocycles. The Kier molecular flexibility index (Phi) is 47.4. The van der Waals surface area contributed by atoms with E-state index >= 15 is 0 Å². The van der Waals surface area contributed by atoms with Crippen LogP contribution in [0, 0.1) is 0 Å². The van der Waals surface area contributed by atoms with Crippen molar-refractivity contribution in [3.63, 3.8) is 0 Å². The Hall–Kier alpha value is -2.89. The van der Waals surface area contributed by atoms with E-state index in [0.717, 1.165) is 89.9 Å². The second kappa shape index (κ2) is 49.8. The van der Waals surface area contributed by atoms with Crippen molar-refractivity contribution in [1.82, 2.24) is 0 Å². The molecule has 6 nitrogen and oxygen atoms in total. The van der Waals surface area contributed by atoms with Gasteiger partial charge in [-0.15, -0.1) is 0 Å². The van der Waals surface area contributed by atoms with E-state index in [4.69, 9.17) is 14.2 Å². The van der Waals surface area contributed by atoms with E-state index in [1.54, 1.807) is 0 Å². The van der Waals surface area contributed by atoms with Crippen LogP contribution < -0.4 is 0 Å². The molecule has 0 bridgehead atoms. The fraction of sp³-hybridized carbons (Fsp3) is 0.764. The van der Waals surface area contributed by atoms with Gasteiger partial charge in [-0.1, -0.05) is 223 Å². The Morgan fingerprint density at radius 2 is 0.607 bits per heavy atom. The maximum atomic E-state index is 12.8. The topological polar surface area (TPSA) is 78.9 Å². The first-order valence-electron chi connectivity index (χ1n) is 25.8. The largest absolute Gasteiger partial charge is 0.462 e. The Bertz CT molecular complexity index is 1120. The molecule has 0 spiro atoms. The van der Waals surface area contributed by atoms with Crippen LogP contribution in [-0.2, 0) is 28.6 Å². The number of hydrogen-bond acceptors (Lipinski definition) is 6. The van der Waals surface area contributed by atoms with Gasteiger partial charge in [0, 0.05) is 19.3 Å². The van der Waals surface area contributed by atoms with Crippen LogP contribution in [0.3, 0.4) is 0 Å². The number of rotatable bonds is 46. The van der Waals surface area contributed by atoms with Crippen molar-refractivity contribution in [3.05, 3.63) is 60.8 Å². The molecular formula is C55H96O6. The van der Waals surface area contributed by atoms with Crippen molar-refractivity contribution in [2.24, 2.45) is 0 Å². The third-order valence-corrected chi connectivity index (χ3v) is 11.1. The number of hydrogen-bond donors (Lipinski definition) is 0.